The van der Waals surface area contributed by atoms with Gasteiger partial charge < -0.3 is 14.7 Å². The maximum absolute atomic E-state index is 12.9. The van der Waals surface area contributed by atoms with Crippen LogP contribution in [0.15, 0.2) is 24.3 Å². The molecule has 0 N–H and O–H groups in total. The largest absolute Gasteiger partial charge is 0.343 e. The normalized spacial score (nSPS) is 19.7. The topological polar surface area (TPSA) is 60.9 Å². The third-order valence-electron chi connectivity index (χ3n) is 6.10. The van der Waals surface area contributed by atoms with Crippen LogP contribution in [-0.4, -0.2) is 65.6 Å². The van der Waals surface area contributed by atoms with E-state index in [9.17, 15) is 14.4 Å². The number of hydrogen-bond acceptors (Lipinski definition) is 3. The molecule has 158 valence electrons. The van der Waals surface area contributed by atoms with Gasteiger partial charge in [0, 0.05) is 52.6 Å². The van der Waals surface area contributed by atoms with E-state index in [0.29, 0.717) is 45.4 Å². The van der Waals surface area contributed by atoms with E-state index in [4.69, 9.17) is 0 Å². The number of amides is 3. The molecule has 6 heteroatoms. The second kappa shape index (κ2) is 9.90. The summed E-state index contributed by atoms with van der Waals surface area (Å²) in [5.41, 5.74) is 2.41. The van der Waals surface area contributed by atoms with E-state index in [1.165, 1.54) is 5.56 Å². The fraction of sp³-hybridized carbons (Fsp3) is 0.609. The van der Waals surface area contributed by atoms with Gasteiger partial charge in [0.05, 0.1) is 5.92 Å². The van der Waals surface area contributed by atoms with Crippen molar-refractivity contribution in [2.75, 3.05) is 33.2 Å². The summed E-state index contributed by atoms with van der Waals surface area (Å²) < 4.78 is 0. The Balaban J connectivity index is 1.49. The maximum Gasteiger partial charge on any atom is 0.227 e. The first-order valence-corrected chi connectivity index (χ1v) is 10.9. The van der Waals surface area contributed by atoms with Gasteiger partial charge in [0.25, 0.3) is 0 Å². The lowest BCUT2D eigenvalue weighted by atomic mass is 9.95. The lowest BCUT2D eigenvalue weighted by molar-refractivity contribution is -0.142. The number of piperidine rings is 1. The Morgan fingerprint density at radius 3 is 2.34 bits per heavy atom. The van der Waals surface area contributed by atoms with Crippen LogP contribution in [0.4, 0.5) is 0 Å². The van der Waals surface area contributed by atoms with Gasteiger partial charge in [0.15, 0.2) is 0 Å². The predicted molar refractivity (Wildman–Crippen MR) is 112 cm³/mol. The highest BCUT2D eigenvalue weighted by Crippen LogP contribution is 2.21. The molecule has 2 aliphatic rings. The fourth-order valence-electron chi connectivity index (χ4n) is 4.27. The lowest BCUT2D eigenvalue weighted by Crippen LogP contribution is -2.46. The maximum atomic E-state index is 12.9. The van der Waals surface area contributed by atoms with E-state index in [2.05, 4.69) is 31.2 Å². The minimum Gasteiger partial charge on any atom is -0.343 e. The van der Waals surface area contributed by atoms with E-state index in [1.807, 2.05) is 16.8 Å². The van der Waals surface area contributed by atoms with Crippen molar-refractivity contribution in [3.63, 3.8) is 0 Å². The zero-order valence-electron chi connectivity index (χ0n) is 17.7. The number of aryl methyl sites for hydroxylation is 1. The third kappa shape index (κ3) is 5.58. The Morgan fingerprint density at radius 2 is 1.69 bits per heavy atom. The summed E-state index contributed by atoms with van der Waals surface area (Å²) >= 11 is 0. The summed E-state index contributed by atoms with van der Waals surface area (Å²) in [6.45, 7) is 5.36. The molecule has 2 saturated heterocycles. The Labute approximate surface area is 173 Å². The molecule has 2 heterocycles. The number of nitrogens with zero attached hydrogens (tertiary/aromatic N) is 3. The molecule has 0 spiro atoms. The highest BCUT2D eigenvalue weighted by Gasteiger charge is 2.31. The summed E-state index contributed by atoms with van der Waals surface area (Å²) in [5, 5.41) is 0. The number of carbonyl (C=O) groups is 3. The molecule has 1 aromatic carbocycles. The van der Waals surface area contributed by atoms with Gasteiger partial charge in [-0.15, -0.1) is 0 Å². The molecule has 2 fully saturated rings. The Morgan fingerprint density at radius 1 is 1.03 bits per heavy atom. The SMILES string of the molecule is CCc1ccc(CN(C)C(=O)[C@H]2CCC(=O)N(CCCN3CCCC3=O)C2)cc1. The molecule has 0 aliphatic carbocycles. The first kappa shape index (κ1) is 21.3. The molecule has 0 aromatic heterocycles. The Kier molecular flexibility index (Phi) is 7.29. The Hall–Kier alpha value is -2.37. The number of benzene rings is 1. The third-order valence-corrected chi connectivity index (χ3v) is 6.10. The molecule has 6 nitrogen and oxygen atoms in total. The van der Waals surface area contributed by atoms with Crippen LogP contribution in [0.25, 0.3) is 0 Å². The molecular weight excluding hydrogens is 366 g/mol. The van der Waals surface area contributed by atoms with E-state index >= 15 is 0 Å². The fourth-order valence-corrected chi connectivity index (χ4v) is 4.27. The van der Waals surface area contributed by atoms with Crippen molar-refractivity contribution in [3.05, 3.63) is 35.4 Å². The molecule has 1 aromatic rings. The summed E-state index contributed by atoms with van der Waals surface area (Å²) in [4.78, 5) is 42.4. The second-order valence-electron chi connectivity index (χ2n) is 8.28. The van der Waals surface area contributed by atoms with Crippen LogP contribution >= 0.6 is 0 Å². The van der Waals surface area contributed by atoms with Crippen molar-refractivity contribution in [1.82, 2.24) is 14.7 Å². The van der Waals surface area contributed by atoms with E-state index in [1.54, 1.807) is 4.90 Å². The van der Waals surface area contributed by atoms with Crippen molar-refractivity contribution in [1.29, 1.82) is 0 Å². The minimum atomic E-state index is -0.138. The highest BCUT2D eigenvalue weighted by molar-refractivity contribution is 5.83. The van der Waals surface area contributed by atoms with Crippen LogP contribution in [0.2, 0.25) is 0 Å². The molecular formula is C23H33N3O3. The van der Waals surface area contributed by atoms with E-state index < -0.39 is 0 Å². The molecule has 3 rings (SSSR count). The Bertz CT molecular complexity index is 731. The average Bonchev–Trinajstić information content (AvgIpc) is 3.14. The van der Waals surface area contributed by atoms with Gasteiger partial charge >= 0.3 is 0 Å². The zero-order valence-corrected chi connectivity index (χ0v) is 17.7. The van der Waals surface area contributed by atoms with Crippen LogP contribution in [0, 0.1) is 5.92 Å². The lowest BCUT2D eigenvalue weighted by Gasteiger charge is -2.34. The molecule has 0 saturated carbocycles. The van der Waals surface area contributed by atoms with Crippen LogP contribution in [0.5, 0.6) is 0 Å². The molecule has 0 radical (unpaired) electrons. The molecule has 2 aliphatic heterocycles. The van der Waals surface area contributed by atoms with Gasteiger partial charge in [-0.2, -0.15) is 0 Å². The van der Waals surface area contributed by atoms with Crippen LogP contribution in [-0.2, 0) is 27.3 Å². The number of rotatable bonds is 8. The summed E-state index contributed by atoms with van der Waals surface area (Å²) in [6, 6.07) is 8.39. The van der Waals surface area contributed by atoms with Gasteiger partial charge in [-0.25, -0.2) is 0 Å². The molecule has 0 bridgehead atoms. The quantitative estimate of drug-likeness (QED) is 0.675. The van der Waals surface area contributed by atoms with Crippen molar-refractivity contribution in [2.24, 2.45) is 5.92 Å². The van der Waals surface area contributed by atoms with Gasteiger partial charge in [-0.05, 0) is 36.8 Å². The zero-order chi connectivity index (χ0) is 20.8. The van der Waals surface area contributed by atoms with Crippen LogP contribution < -0.4 is 0 Å². The van der Waals surface area contributed by atoms with Gasteiger partial charge in [-0.3, -0.25) is 14.4 Å². The molecule has 0 unspecified atom stereocenters. The summed E-state index contributed by atoms with van der Waals surface area (Å²) in [7, 11) is 1.84. The predicted octanol–water partition coefficient (Wildman–Crippen LogP) is 2.46. The van der Waals surface area contributed by atoms with Crippen molar-refractivity contribution < 1.29 is 14.4 Å². The average molecular weight is 400 g/mol. The summed E-state index contributed by atoms with van der Waals surface area (Å²) in [5.74, 6) is 0.314. The van der Waals surface area contributed by atoms with E-state index in [0.717, 1.165) is 31.4 Å². The monoisotopic (exact) mass is 399 g/mol. The number of hydrogen-bond donors (Lipinski definition) is 0. The molecule has 1 atom stereocenters. The molecule has 29 heavy (non-hydrogen) atoms. The van der Waals surface area contributed by atoms with Crippen molar-refractivity contribution in [3.8, 4) is 0 Å². The van der Waals surface area contributed by atoms with Gasteiger partial charge in [-0.1, -0.05) is 31.2 Å². The highest BCUT2D eigenvalue weighted by atomic mass is 16.2. The van der Waals surface area contributed by atoms with Crippen molar-refractivity contribution >= 4 is 17.7 Å². The number of likely N-dealkylation sites (tertiary alicyclic amines) is 2. The standard InChI is InChI=1S/C23H33N3O3/c1-3-18-7-9-19(10-8-18)16-24(2)23(29)20-11-12-22(28)26(17-20)15-5-14-25-13-4-6-21(25)27/h7-10,20H,3-6,11-17H2,1-2H3/t20-/m0/s1. The molecule has 3 amide bonds. The van der Waals surface area contributed by atoms with Gasteiger partial charge in [0.1, 0.15) is 0 Å². The van der Waals surface area contributed by atoms with Crippen LogP contribution in [0.3, 0.4) is 0 Å². The minimum absolute atomic E-state index is 0.108. The first-order valence-electron chi connectivity index (χ1n) is 10.9. The second-order valence-corrected chi connectivity index (χ2v) is 8.28. The van der Waals surface area contributed by atoms with Gasteiger partial charge in [0.2, 0.25) is 17.7 Å². The van der Waals surface area contributed by atoms with E-state index in [-0.39, 0.29) is 23.6 Å². The van der Waals surface area contributed by atoms with Crippen LogP contribution in [0.1, 0.15) is 50.2 Å². The first-order chi connectivity index (χ1) is 14.0. The number of carbonyl (C=O) groups excluding carboxylic acids is 3. The summed E-state index contributed by atoms with van der Waals surface area (Å²) in [6.07, 6.45) is 4.42. The smallest absolute Gasteiger partial charge is 0.227 e. The van der Waals surface area contributed by atoms with Crippen molar-refractivity contribution in [2.45, 2.75) is 52.0 Å².